The second-order valence-electron chi connectivity index (χ2n) is 7.00. The van der Waals surface area contributed by atoms with Gasteiger partial charge in [0, 0.05) is 25.0 Å². The van der Waals surface area contributed by atoms with Crippen molar-refractivity contribution >= 4 is 17.7 Å². The van der Waals surface area contributed by atoms with Crippen molar-refractivity contribution in [1.29, 1.82) is 0 Å². The number of carbonyl (C=O) groups is 1. The van der Waals surface area contributed by atoms with Gasteiger partial charge in [-0.3, -0.25) is 4.79 Å². The minimum Gasteiger partial charge on any atom is -0.481 e. The minimum absolute atomic E-state index is 0.0713. The molecule has 4 N–H and O–H groups in total. The van der Waals surface area contributed by atoms with E-state index in [1.54, 1.807) is 19.4 Å². The van der Waals surface area contributed by atoms with Gasteiger partial charge in [-0.2, -0.15) is 4.98 Å². The maximum Gasteiger partial charge on any atom is 0.316 e. The molecule has 0 aromatic carbocycles. The molecule has 0 saturated heterocycles. The van der Waals surface area contributed by atoms with Crippen molar-refractivity contribution in [1.82, 2.24) is 19.9 Å². The zero-order valence-corrected chi connectivity index (χ0v) is 17.3. The number of hydrogen-bond donors (Lipinski definition) is 3. The van der Waals surface area contributed by atoms with Gasteiger partial charge in [-0.15, -0.1) is 0 Å². The molecule has 0 aliphatic heterocycles. The molecule has 1 atom stereocenters. The highest BCUT2D eigenvalue weighted by molar-refractivity contribution is 5.68. The number of nitrogens with zero attached hydrogens (tertiary/aromatic N) is 4. The van der Waals surface area contributed by atoms with Crippen LogP contribution in [0.25, 0.3) is 0 Å². The Labute approximate surface area is 171 Å². The van der Waals surface area contributed by atoms with Crippen LogP contribution < -0.4 is 15.8 Å². The van der Waals surface area contributed by atoms with E-state index in [2.05, 4.69) is 25.3 Å². The van der Waals surface area contributed by atoms with Crippen molar-refractivity contribution < 1.29 is 14.6 Å². The van der Waals surface area contributed by atoms with E-state index >= 15 is 0 Å². The fourth-order valence-corrected chi connectivity index (χ4v) is 3.21. The number of nitrogens with one attached hydrogen (secondary N) is 1. The molecule has 9 heteroatoms. The third kappa shape index (κ3) is 6.85. The molecule has 0 unspecified atom stereocenters. The smallest absolute Gasteiger partial charge is 0.316 e. The number of nitrogen functional groups attached to an aromatic ring is 1. The highest BCUT2D eigenvalue weighted by atomic mass is 16.5. The van der Waals surface area contributed by atoms with Crippen LogP contribution in [0.3, 0.4) is 0 Å². The van der Waals surface area contributed by atoms with Crippen LogP contribution in [0.1, 0.15) is 61.3 Å². The first kappa shape index (κ1) is 22.3. The van der Waals surface area contributed by atoms with Crippen LogP contribution in [0.4, 0.5) is 11.8 Å². The van der Waals surface area contributed by atoms with Gasteiger partial charge in [0.15, 0.2) is 0 Å². The minimum atomic E-state index is -0.817. The Morgan fingerprint density at radius 1 is 1.21 bits per heavy atom. The summed E-state index contributed by atoms with van der Waals surface area (Å²) in [6, 6.07) is 0.282. The van der Waals surface area contributed by atoms with Crippen molar-refractivity contribution in [3.05, 3.63) is 29.2 Å². The maximum atomic E-state index is 11.2. The Bertz CT molecular complexity index is 798. The molecule has 2 aromatic rings. The van der Waals surface area contributed by atoms with Gasteiger partial charge in [-0.25, -0.2) is 15.0 Å². The number of nitrogens with two attached hydrogens (primary N) is 1. The molecule has 0 radical (unpaired) electrons. The van der Waals surface area contributed by atoms with Crippen LogP contribution in [-0.2, 0) is 11.2 Å². The van der Waals surface area contributed by atoms with Crippen molar-refractivity contribution in [3.8, 4) is 6.01 Å². The van der Waals surface area contributed by atoms with Crippen LogP contribution >= 0.6 is 0 Å². The van der Waals surface area contributed by atoms with Gasteiger partial charge < -0.3 is 20.9 Å². The van der Waals surface area contributed by atoms with Crippen molar-refractivity contribution in [2.75, 3.05) is 25.2 Å². The Hall–Kier alpha value is -2.97. The topological polar surface area (TPSA) is 136 Å². The SMILES string of the molecule is CNc1nc(N)c(C)c(CCCCCC[C@@H](CC(=O)O)c2cnc(OC)nc2)n1. The predicted octanol–water partition coefficient (Wildman–Crippen LogP) is 2.96. The van der Waals surface area contributed by atoms with Gasteiger partial charge in [0.25, 0.3) is 0 Å². The van der Waals surface area contributed by atoms with Gasteiger partial charge in [0.1, 0.15) is 5.82 Å². The van der Waals surface area contributed by atoms with E-state index in [-0.39, 0.29) is 18.3 Å². The number of aromatic nitrogens is 4. The van der Waals surface area contributed by atoms with Gasteiger partial charge in [-0.1, -0.05) is 19.3 Å². The summed E-state index contributed by atoms with van der Waals surface area (Å²) in [5.41, 5.74) is 8.68. The standard InChI is InChI=1S/C20H30N6O3/c1-13-16(25-19(22-2)26-18(13)21)9-7-5-4-6-8-14(10-17(27)28)15-11-23-20(29-3)24-12-15/h11-12,14H,4-10H2,1-3H3,(H,27,28)(H3,21,22,25,26)/t14-/m0/s1. The molecule has 29 heavy (non-hydrogen) atoms. The number of unbranched alkanes of at least 4 members (excludes halogenated alkanes) is 3. The highest BCUT2D eigenvalue weighted by Gasteiger charge is 2.16. The first-order valence-corrected chi connectivity index (χ1v) is 9.83. The van der Waals surface area contributed by atoms with E-state index in [0.29, 0.717) is 11.8 Å². The molecule has 0 spiro atoms. The zero-order valence-electron chi connectivity index (χ0n) is 17.3. The van der Waals surface area contributed by atoms with Crippen LogP contribution in [0, 0.1) is 6.92 Å². The molecular weight excluding hydrogens is 372 g/mol. The van der Waals surface area contributed by atoms with Gasteiger partial charge in [0.05, 0.1) is 19.2 Å². The molecule has 9 nitrogen and oxygen atoms in total. The van der Waals surface area contributed by atoms with E-state index in [0.717, 1.165) is 55.3 Å². The molecule has 158 valence electrons. The lowest BCUT2D eigenvalue weighted by Crippen LogP contribution is -2.08. The average molecular weight is 402 g/mol. The van der Waals surface area contributed by atoms with E-state index in [4.69, 9.17) is 10.5 Å². The maximum absolute atomic E-state index is 11.2. The number of aliphatic carboxylic acids is 1. The molecular formula is C20H30N6O3. The Morgan fingerprint density at radius 2 is 1.90 bits per heavy atom. The fraction of sp³-hybridized carbons (Fsp3) is 0.550. The molecule has 0 aliphatic rings. The summed E-state index contributed by atoms with van der Waals surface area (Å²) < 4.78 is 4.96. The lowest BCUT2D eigenvalue weighted by atomic mass is 9.92. The number of hydrogen-bond acceptors (Lipinski definition) is 8. The predicted molar refractivity (Wildman–Crippen MR) is 111 cm³/mol. The Balaban J connectivity index is 1.81. The average Bonchev–Trinajstić information content (AvgIpc) is 2.72. The summed E-state index contributed by atoms with van der Waals surface area (Å²) in [7, 11) is 3.27. The van der Waals surface area contributed by atoms with E-state index in [1.807, 2.05) is 6.92 Å². The summed E-state index contributed by atoms with van der Waals surface area (Å²) >= 11 is 0. The van der Waals surface area contributed by atoms with E-state index < -0.39 is 5.97 Å². The lowest BCUT2D eigenvalue weighted by Gasteiger charge is -2.15. The van der Waals surface area contributed by atoms with Gasteiger partial charge in [-0.05, 0) is 37.7 Å². The second kappa shape index (κ2) is 11.1. The Kier molecular flexibility index (Phi) is 8.57. The van der Waals surface area contributed by atoms with Crippen molar-refractivity contribution in [3.63, 3.8) is 0 Å². The zero-order chi connectivity index (χ0) is 21.2. The first-order chi connectivity index (χ1) is 13.9. The Morgan fingerprint density at radius 3 is 2.52 bits per heavy atom. The van der Waals surface area contributed by atoms with Crippen LogP contribution in [0.2, 0.25) is 0 Å². The third-order valence-corrected chi connectivity index (χ3v) is 4.95. The quantitative estimate of drug-likeness (QED) is 0.458. The summed E-state index contributed by atoms with van der Waals surface area (Å²) in [6.45, 7) is 1.94. The fourth-order valence-electron chi connectivity index (χ4n) is 3.21. The second-order valence-corrected chi connectivity index (χ2v) is 7.00. The molecule has 2 rings (SSSR count). The van der Waals surface area contributed by atoms with Crippen LogP contribution in [0.15, 0.2) is 12.4 Å². The first-order valence-electron chi connectivity index (χ1n) is 9.83. The largest absolute Gasteiger partial charge is 0.481 e. The number of methoxy groups -OCH3 is 1. The normalized spacial score (nSPS) is 11.8. The number of anilines is 2. The number of carboxylic acids is 1. The number of carboxylic acid groups (broad SMARTS) is 1. The number of rotatable bonds is 12. The van der Waals surface area contributed by atoms with Gasteiger partial charge in [0.2, 0.25) is 5.95 Å². The van der Waals surface area contributed by atoms with Crippen LogP contribution in [-0.4, -0.2) is 45.2 Å². The molecule has 0 bridgehead atoms. The monoisotopic (exact) mass is 402 g/mol. The number of aryl methyl sites for hydroxylation is 1. The van der Waals surface area contributed by atoms with Gasteiger partial charge >= 0.3 is 12.0 Å². The van der Waals surface area contributed by atoms with E-state index in [9.17, 15) is 9.90 Å². The molecule has 2 aromatic heterocycles. The molecule has 0 fully saturated rings. The van der Waals surface area contributed by atoms with Crippen molar-refractivity contribution in [2.45, 2.75) is 57.8 Å². The lowest BCUT2D eigenvalue weighted by molar-refractivity contribution is -0.137. The van der Waals surface area contributed by atoms with Crippen LogP contribution in [0.5, 0.6) is 6.01 Å². The molecule has 0 aliphatic carbocycles. The number of ether oxygens (including phenoxy) is 1. The van der Waals surface area contributed by atoms with E-state index in [1.165, 1.54) is 7.11 Å². The third-order valence-electron chi connectivity index (χ3n) is 4.95. The van der Waals surface area contributed by atoms with Crippen molar-refractivity contribution in [2.24, 2.45) is 0 Å². The molecule has 0 saturated carbocycles. The summed E-state index contributed by atoms with van der Waals surface area (Å²) in [5, 5.41) is 12.1. The summed E-state index contributed by atoms with van der Waals surface area (Å²) in [6.07, 6.45) is 9.00. The molecule has 0 amide bonds. The summed E-state index contributed by atoms with van der Waals surface area (Å²) in [5.74, 6) is 0.141. The summed E-state index contributed by atoms with van der Waals surface area (Å²) in [4.78, 5) is 28.1. The highest BCUT2D eigenvalue weighted by Crippen LogP contribution is 2.26. The molecule has 2 heterocycles.